The predicted molar refractivity (Wildman–Crippen MR) is 56.8 cm³/mol. The standard InChI is InChI=1S/C10H17N3/c1-7-6-12-9(5-8(7)11)13-10(2,3)4/h5-6H,1-4H3,(H3,11,12,13). The highest BCUT2D eigenvalue weighted by Crippen LogP contribution is 2.16. The molecule has 0 saturated heterocycles. The van der Waals surface area contributed by atoms with Crippen LogP contribution in [-0.4, -0.2) is 10.5 Å². The van der Waals surface area contributed by atoms with Crippen molar-refractivity contribution in [2.75, 3.05) is 11.1 Å². The Kier molecular flexibility index (Phi) is 2.45. The Morgan fingerprint density at radius 2 is 2.00 bits per heavy atom. The number of rotatable bonds is 1. The molecule has 0 aromatic carbocycles. The average molecular weight is 179 g/mol. The van der Waals surface area contributed by atoms with Crippen LogP contribution in [0.1, 0.15) is 26.3 Å². The van der Waals surface area contributed by atoms with Crippen LogP contribution < -0.4 is 11.1 Å². The first kappa shape index (κ1) is 9.84. The van der Waals surface area contributed by atoms with E-state index >= 15 is 0 Å². The van der Waals surface area contributed by atoms with E-state index < -0.39 is 0 Å². The fourth-order valence-electron chi connectivity index (χ4n) is 0.992. The molecule has 0 atom stereocenters. The first-order chi connectivity index (χ1) is 5.88. The summed E-state index contributed by atoms with van der Waals surface area (Å²) < 4.78 is 0. The minimum Gasteiger partial charge on any atom is -0.398 e. The summed E-state index contributed by atoms with van der Waals surface area (Å²) in [6.45, 7) is 8.21. The van der Waals surface area contributed by atoms with Crippen LogP contribution >= 0.6 is 0 Å². The maximum atomic E-state index is 5.76. The van der Waals surface area contributed by atoms with Crippen molar-refractivity contribution in [3.05, 3.63) is 17.8 Å². The molecule has 0 aliphatic rings. The van der Waals surface area contributed by atoms with Crippen molar-refractivity contribution < 1.29 is 0 Å². The van der Waals surface area contributed by atoms with Gasteiger partial charge in [-0.05, 0) is 33.3 Å². The molecule has 3 heteroatoms. The van der Waals surface area contributed by atoms with E-state index in [1.165, 1.54) is 0 Å². The quantitative estimate of drug-likeness (QED) is 0.694. The van der Waals surface area contributed by atoms with Gasteiger partial charge in [-0.1, -0.05) is 0 Å². The largest absolute Gasteiger partial charge is 0.398 e. The van der Waals surface area contributed by atoms with Gasteiger partial charge in [-0.2, -0.15) is 0 Å². The van der Waals surface area contributed by atoms with Crippen LogP contribution in [0.4, 0.5) is 11.5 Å². The molecule has 0 bridgehead atoms. The number of hydrogen-bond acceptors (Lipinski definition) is 3. The molecule has 0 aliphatic heterocycles. The van der Waals surface area contributed by atoms with Crippen molar-refractivity contribution >= 4 is 11.5 Å². The van der Waals surface area contributed by atoms with E-state index in [9.17, 15) is 0 Å². The Balaban J connectivity index is 2.86. The van der Waals surface area contributed by atoms with Gasteiger partial charge in [0.1, 0.15) is 5.82 Å². The van der Waals surface area contributed by atoms with Crippen molar-refractivity contribution in [1.29, 1.82) is 0 Å². The first-order valence-electron chi connectivity index (χ1n) is 4.39. The zero-order valence-electron chi connectivity index (χ0n) is 8.68. The number of anilines is 2. The third-order valence-electron chi connectivity index (χ3n) is 1.65. The highest BCUT2D eigenvalue weighted by atomic mass is 15.0. The summed E-state index contributed by atoms with van der Waals surface area (Å²) in [7, 11) is 0. The second-order valence-electron chi connectivity index (χ2n) is 4.30. The molecule has 0 amide bonds. The van der Waals surface area contributed by atoms with Crippen molar-refractivity contribution in [3.63, 3.8) is 0 Å². The Morgan fingerprint density at radius 1 is 1.38 bits per heavy atom. The maximum Gasteiger partial charge on any atom is 0.128 e. The minimum absolute atomic E-state index is 0.0225. The normalized spacial score (nSPS) is 11.4. The van der Waals surface area contributed by atoms with E-state index in [0.717, 1.165) is 17.1 Å². The summed E-state index contributed by atoms with van der Waals surface area (Å²) in [5.41, 5.74) is 7.57. The summed E-state index contributed by atoms with van der Waals surface area (Å²) in [6, 6.07) is 1.86. The predicted octanol–water partition coefficient (Wildman–Crippen LogP) is 2.18. The molecule has 13 heavy (non-hydrogen) atoms. The van der Waals surface area contributed by atoms with Gasteiger partial charge in [-0.25, -0.2) is 4.98 Å². The summed E-state index contributed by atoms with van der Waals surface area (Å²) in [5.74, 6) is 0.829. The van der Waals surface area contributed by atoms with E-state index in [2.05, 4.69) is 31.1 Å². The summed E-state index contributed by atoms with van der Waals surface area (Å²) in [6.07, 6.45) is 1.78. The van der Waals surface area contributed by atoms with Crippen LogP contribution in [-0.2, 0) is 0 Å². The lowest BCUT2D eigenvalue weighted by molar-refractivity contribution is 0.630. The Morgan fingerprint density at radius 3 is 2.46 bits per heavy atom. The van der Waals surface area contributed by atoms with Crippen LogP contribution in [0.25, 0.3) is 0 Å². The molecule has 0 radical (unpaired) electrons. The summed E-state index contributed by atoms with van der Waals surface area (Å²) in [5, 5.41) is 3.26. The van der Waals surface area contributed by atoms with Crippen LogP contribution in [0, 0.1) is 6.92 Å². The molecule has 0 saturated carbocycles. The van der Waals surface area contributed by atoms with Crippen molar-refractivity contribution in [3.8, 4) is 0 Å². The molecule has 0 fully saturated rings. The molecule has 1 aromatic heterocycles. The molecule has 1 aromatic rings. The van der Waals surface area contributed by atoms with Crippen molar-refractivity contribution in [2.45, 2.75) is 33.2 Å². The number of nitrogens with one attached hydrogen (secondary N) is 1. The number of aryl methyl sites for hydroxylation is 1. The monoisotopic (exact) mass is 179 g/mol. The minimum atomic E-state index is 0.0225. The van der Waals surface area contributed by atoms with Gasteiger partial charge in [0.25, 0.3) is 0 Å². The second-order valence-corrected chi connectivity index (χ2v) is 4.30. The van der Waals surface area contributed by atoms with Gasteiger partial charge in [0.2, 0.25) is 0 Å². The Hall–Kier alpha value is -1.25. The number of nitrogen functional groups attached to an aromatic ring is 1. The van der Waals surface area contributed by atoms with Gasteiger partial charge in [-0.15, -0.1) is 0 Å². The fourth-order valence-corrected chi connectivity index (χ4v) is 0.992. The second kappa shape index (κ2) is 3.24. The molecular weight excluding hydrogens is 162 g/mol. The van der Waals surface area contributed by atoms with Gasteiger partial charge in [0.15, 0.2) is 0 Å². The zero-order valence-corrected chi connectivity index (χ0v) is 8.68. The summed E-state index contributed by atoms with van der Waals surface area (Å²) >= 11 is 0. The molecule has 0 aliphatic carbocycles. The lowest BCUT2D eigenvalue weighted by Gasteiger charge is -2.21. The molecular formula is C10H17N3. The third kappa shape index (κ3) is 2.93. The van der Waals surface area contributed by atoms with Gasteiger partial charge in [-0.3, -0.25) is 0 Å². The maximum absolute atomic E-state index is 5.76. The van der Waals surface area contributed by atoms with Crippen LogP contribution in [0.15, 0.2) is 12.3 Å². The highest BCUT2D eigenvalue weighted by molar-refractivity contribution is 5.54. The lowest BCUT2D eigenvalue weighted by Crippen LogP contribution is -2.26. The molecule has 0 unspecified atom stereocenters. The number of aromatic nitrogens is 1. The number of hydrogen-bond donors (Lipinski definition) is 2. The van der Waals surface area contributed by atoms with Crippen LogP contribution in [0.3, 0.4) is 0 Å². The average Bonchev–Trinajstić information content (AvgIpc) is 1.94. The highest BCUT2D eigenvalue weighted by Gasteiger charge is 2.10. The van der Waals surface area contributed by atoms with Crippen LogP contribution in [0.2, 0.25) is 0 Å². The van der Waals surface area contributed by atoms with E-state index in [4.69, 9.17) is 5.73 Å². The van der Waals surface area contributed by atoms with Crippen molar-refractivity contribution in [2.24, 2.45) is 0 Å². The van der Waals surface area contributed by atoms with Gasteiger partial charge in [0, 0.05) is 23.5 Å². The summed E-state index contributed by atoms with van der Waals surface area (Å²) in [4.78, 5) is 4.23. The van der Waals surface area contributed by atoms with E-state index in [-0.39, 0.29) is 5.54 Å². The van der Waals surface area contributed by atoms with Crippen molar-refractivity contribution in [1.82, 2.24) is 4.98 Å². The van der Waals surface area contributed by atoms with E-state index in [0.29, 0.717) is 0 Å². The number of nitrogens with zero attached hydrogens (tertiary/aromatic N) is 1. The molecule has 1 rings (SSSR count). The lowest BCUT2D eigenvalue weighted by atomic mass is 10.1. The molecule has 3 nitrogen and oxygen atoms in total. The van der Waals surface area contributed by atoms with E-state index in [1.807, 2.05) is 13.0 Å². The van der Waals surface area contributed by atoms with Gasteiger partial charge >= 0.3 is 0 Å². The smallest absolute Gasteiger partial charge is 0.128 e. The van der Waals surface area contributed by atoms with E-state index in [1.54, 1.807) is 6.20 Å². The SMILES string of the molecule is Cc1cnc(NC(C)(C)C)cc1N. The van der Waals surface area contributed by atoms with Crippen LogP contribution in [0.5, 0.6) is 0 Å². The molecule has 3 N–H and O–H groups in total. The molecule has 72 valence electrons. The molecule has 1 heterocycles. The third-order valence-corrected chi connectivity index (χ3v) is 1.65. The Labute approximate surface area is 79.4 Å². The molecule has 0 spiro atoms. The van der Waals surface area contributed by atoms with Gasteiger partial charge in [0.05, 0.1) is 0 Å². The topological polar surface area (TPSA) is 50.9 Å². The Bertz CT molecular complexity index is 300. The number of pyridine rings is 1. The first-order valence-corrected chi connectivity index (χ1v) is 4.39. The zero-order chi connectivity index (χ0) is 10.1. The fraction of sp³-hybridized carbons (Fsp3) is 0.500. The van der Waals surface area contributed by atoms with Gasteiger partial charge < -0.3 is 11.1 Å². The number of nitrogens with two attached hydrogens (primary N) is 1.